The SMILES string of the molecule is N/C(=N/O)c1ccc(N2CCCS(=O)(=O)CC2)c(Cl)c1. The number of amidine groups is 1. The van der Waals surface area contributed by atoms with Gasteiger partial charge in [0, 0.05) is 18.7 Å². The predicted octanol–water partition coefficient (Wildman–Crippen LogP) is 1.06. The lowest BCUT2D eigenvalue weighted by atomic mass is 10.1. The highest BCUT2D eigenvalue weighted by Gasteiger charge is 2.20. The van der Waals surface area contributed by atoms with Crippen molar-refractivity contribution in [2.45, 2.75) is 6.42 Å². The van der Waals surface area contributed by atoms with Gasteiger partial charge < -0.3 is 15.8 Å². The topological polar surface area (TPSA) is 96.0 Å². The maximum atomic E-state index is 11.6. The van der Waals surface area contributed by atoms with Crippen molar-refractivity contribution < 1.29 is 13.6 Å². The molecule has 1 aromatic carbocycles. The minimum atomic E-state index is -2.96. The molecule has 2 rings (SSSR count). The van der Waals surface area contributed by atoms with E-state index in [0.29, 0.717) is 30.1 Å². The second kappa shape index (κ2) is 5.88. The first-order chi connectivity index (χ1) is 9.43. The fraction of sp³-hybridized carbons (Fsp3) is 0.417. The highest BCUT2D eigenvalue weighted by molar-refractivity contribution is 7.91. The predicted molar refractivity (Wildman–Crippen MR) is 79.4 cm³/mol. The Balaban J connectivity index is 2.25. The number of anilines is 1. The summed E-state index contributed by atoms with van der Waals surface area (Å²) in [6, 6.07) is 5.05. The number of nitrogens with zero attached hydrogens (tertiary/aromatic N) is 2. The van der Waals surface area contributed by atoms with Gasteiger partial charge in [0.25, 0.3) is 0 Å². The van der Waals surface area contributed by atoms with Crippen molar-refractivity contribution in [1.29, 1.82) is 0 Å². The van der Waals surface area contributed by atoms with Crippen LogP contribution in [-0.2, 0) is 9.84 Å². The molecule has 20 heavy (non-hydrogen) atoms. The number of rotatable bonds is 2. The number of nitrogens with two attached hydrogens (primary N) is 1. The second-order valence-corrected chi connectivity index (χ2v) is 7.35. The molecule has 1 aliphatic heterocycles. The third-order valence-electron chi connectivity index (χ3n) is 3.25. The van der Waals surface area contributed by atoms with Crippen molar-refractivity contribution in [2.75, 3.05) is 29.5 Å². The van der Waals surface area contributed by atoms with Gasteiger partial charge in [-0.1, -0.05) is 16.8 Å². The van der Waals surface area contributed by atoms with Gasteiger partial charge in [-0.3, -0.25) is 0 Å². The lowest BCUT2D eigenvalue weighted by molar-refractivity contribution is 0.318. The molecule has 1 aromatic rings. The van der Waals surface area contributed by atoms with Gasteiger partial charge in [0.1, 0.15) is 0 Å². The molecule has 0 atom stereocenters. The van der Waals surface area contributed by atoms with Crippen LogP contribution < -0.4 is 10.6 Å². The van der Waals surface area contributed by atoms with Crippen molar-refractivity contribution >= 4 is 33.0 Å². The summed E-state index contributed by atoms with van der Waals surface area (Å²) in [5.74, 6) is 0.325. The molecule has 1 aliphatic rings. The molecular formula is C12H16ClN3O3S. The average molecular weight is 318 g/mol. The maximum absolute atomic E-state index is 11.6. The van der Waals surface area contributed by atoms with Gasteiger partial charge in [0.15, 0.2) is 15.7 Å². The largest absolute Gasteiger partial charge is 0.409 e. The zero-order valence-corrected chi connectivity index (χ0v) is 12.4. The monoisotopic (exact) mass is 317 g/mol. The molecule has 0 aliphatic carbocycles. The van der Waals surface area contributed by atoms with Crippen molar-refractivity contribution in [2.24, 2.45) is 10.9 Å². The highest BCUT2D eigenvalue weighted by atomic mass is 35.5. The standard InChI is InChI=1S/C12H16ClN3O3S/c13-10-8-9(12(14)15-17)2-3-11(10)16-4-1-6-20(18,19)7-5-16/h2-3,8,17H,1,4-7H2,(H2,14,15). The second-order valence-electron chi connectivity index (χ2n) is 4.64. The molecule has 0 bridgehead atoms. The minimum Gasteiger partial charge on any atom is -0.409 e. The summed E-state index contributed by atoms with van der Waals surface area (Å²) >= 11 is 6.20. The van der Waals surface area contributed by atoms with Crippen LogP contribution >= 0.6 is 11.6 Å². The molecule has 6 nitrogen and oxygen atoms in total. The normalized spacial score (nSPS) is 19.6. The van der Waals surface area contributed by atoms with E-state index in [-0.39, 0.29) is 17.3 Å². The van der Waals surface area contributed by atoms with E-state index in [1.54, 1.807) is 18.2 Å². The van der Waals surface area contributed by atoms with Crippen molar-refractivity contribution in [3.63, 3.8) is 0 Å². The molecule has 3 N–H and O–H groups in total. The lowest BCUT2D eigenvalue weighted by Gasteiger charge is -2.23. The Morgan fingerprint density at radius 2 is 2.10 bits per heavy atom. The lowest BCUT2D eigenvalue weighted by Crippen LogP contribution is -2.27. The van der Waals surface area contributed by atoms with Crippen LogP contribution in [-0.4, -0.2) is 44.1 Å². The first-order valence-electron chi connectivity index (χ1n) is 6.16. The number of benzene rings is 1. The summed E-state index contributed by atoms with van der Waals surface area (Å²) in [5.41, 5.74) is 6.78. The molecule has 0 unspecified atom stereocenters. The average Bonchev–Trinajstić information content (AvgIpc) is 2.59. The third-order valence-corrected chi connectivity index (χ3v) is 5.27. The van der Waals surface area contributed by atoms with Crippen molar-refractivity contribution in [3.8, 4) is 0 Å². The van der Waals surface area contributed by atoms with Gasteiger partial charge in [0.2, 0.25) is 0 Å². The van der Waals surface area contributed by atoms with Gasteiger partial charge in [-0.05, 0) is 24.6 Å². The van der Waals surface area contributed by atoms with E-state index in [1.807, 2.05) is 4.90 Å². The van der Waals surface area contributed by atoms with Gasteiger partial charge in [-0.15, -0.1) is 0 Å². The Bertz CT molecular complexity index is 631. The fourth-order valence-corrected chi connectivity index (χ4v) is 3.73. The van der Waals surface area contributed by atoms with Crippen LogP contribution in [0.2, 0.25) is 5.02 Å². The Labute approximate surface area is 122 Å². The first-order valence-corrected chi connectivity index (χ1v) is 8.36. The van der Waals surface area contributed by atoms with Crippen LogP contribution in [0.1, 0.15) is 12.0 Å². The molecule has 1 saturated heterocycles. The highest BCUT2D eigenvalue weighted by Crippen LogP contribution is 2.28. The summed E-state index contributed by atoms with van der Waals surface area (Å²) in [6.45, 7) is 1.06. The number of halogens is 1. The molecule has 110 valence electrons. The van der Waals surface area contributed by atoms with E-state index >= 15 is 0 Å². The zero-order chi connectivity index (χ0) is 14.8. The van der Waals surface area contributed by atoms with Crippen LogP contribution in [0.5, 0.6) is 0 Å². The van der Waals surface area contributed by atoms with Gasteiger partial charge in [0.05, 0.1) is 22.2 Å². The molecule has 1 heterocycles. The van der Waals surface area contributed by atoms with Crippen molar-refractivity contribution in [1.82, 2.24) is 0 Å². The summed E-state index contributed by atoms with van der Waals surface area (Å²) in [6.07, 6.45) is 0.584. The maximum Gasteiger partial charge on any atom is 0.170 e. The van der Waals surface area contributed by atoms with E-state index in [0.717, 1.165) is 5.69 Å². The summed E-state index contributed by atoms with van der Waals surface area (Å²) in [7, 11) is -2.96. The summed E-state index contributed by atoms with van der Waals surface area (Å²) in [4.78, 5) is 1.95. The van der Waals surface area contributed by atoms with E-state index in [1.165, 1.54) is 0 Å². The Hall–Kier alpha value is -1.47. The Morgan fingerprint density at radius 1 is 1.35 bits per heavy atom. The molecule has 0 amide bonds. The molecule has 1 fully saturated rings. The van der Waals surface area contributed by atoms with Crippen molar-refractivity contribution in [3.05, 3.63) is 28.8 Å². The zero-order valence-electron chi connectivity index (χ0n) is 10.8. The Morgan fingerprint density at radius 3 is 2.75 bits per heavy atom. The smallest absolute Gasteiger partial charge is 0.170 e. The minimum absolute atomic E-state index is 0.0168. The molecule has 0 radical (unpaired) electrons. The third kappa shape index (κ3) is 3.34. The summed E-state index contributed by atoms with van der Waals surface area (Å²) < 4.78 is 23.2. The molecule has 0 saturated carbocycles. The van der Waals surface area contributed by atoms with E-state index < -0.39 is 9.84 Å². The van der Waals surface area contributed by atoms with Crippen LogP contribution in [0.3, 0.4) is 0 Å². The van der Waals surface area contributed by atoms with E-state index in [2.05, 4.69) is 5.16 Å². The summed E-state index contributed by atoms with van der Waals surface area (Å²) in [5, 5.41) is 12.0. The van der Waals surface area contributed by atoms with Crippen LogP contribution in [0.15, 0.2) is 23.4 Å². The number of hydrogen-bond acceptors (Lipinski definition) is 5. The quantitative estimate of drug-likeness (QED) is 0.368. The number of sulfone groups is 1. The number of hydrogen-bond donors (Lipinski definition) is 2. The van der Waals surface area contributed by atoms with Crippen LogP contribution in [0, 0.1) is 0 Å². The molecule has 0 aromatic heterocycles. The Kier molecular flexibility index (Phi) is 4.39. The van der Waals surface area contributed by atoms with Gasteiger partial charge >= 0.3 is 0 Å². The van der Waals surface area contributed by atoms with E-state index in [4.69, 9.17) is 22.5 Å². The first kappa shape index (κ1) is 14.9. The van der Waals surface area contributed by atoms with Crippen LogP contribution in [0.4, 0.5) is 5.69 Å². The molecular weight excluding hydrogens is 302 g/mol. The molecule has 8 heteroatoms. The van der Waals surface area contributed by atoms with Crippen LogP contribution in [0.25, 0.3) is 0 Å². The van der Waals surface area contributed by atoms with E-state index in [9.17, 15) is 8.42 Å². The van der Waals surface area contributed by atoms with Gasteiger partial charge in [-0.25, -0.2) is 8.42 Å². The number of oxime groups is 1. The fourth-order valence-electron chi connectivity index (χ4n) is 2.16. The molecule has 0 spiro atoms. The van der Waals surface area contributed by atoms with Gasteiger partial charge in [-0.2, -0.15) is 0 Å².